The van der Waals surface area contributed by atoms with Crippen molar-refractivity contribution in [3.05, 3.63) is 25.3 Å². The molecule has 0 aliphatic heterocycles. The van der Waals surface area contributed by atoms with Crippen molar-refractivity contribution in [1.82, 2.24) is 0 Å². The molecule has 0 aromatic heterocycles. The van der Waals surface area contributed by atoms with Crippen molar-refractivity contribution in [2.75, 3.05) is 5.75 Å². The Labute approximate surface area is 209 Å². The Bertz CT molecular complexity index is 785. The highest BCUT2D eigenvalue weighted by atomic mass is 32.2. The van der Waals surface area contributed by atoms with E-state index in [1.165, 1.54) is 12.2 Å². The molecule has 0 rings (SSSR count). The summed E-state index contributed by atoms with van der Waals surface area (Å²) < 4.78 is 226. The molecule has 0 saturated carbocycles. The van der Waals surface area contributed by atoms with E-state index in [1.54, 1.807) is 0 Å². The number of alkyl halides is 17. The minimum absolute atomic E-state index is 0.205. The molecule has 0 bridgehead atoms. The third-order valence-corrected chi connectivity index (χ3v) is 6.57. The molecule has 0 saturated heterocycles. The first kappa shape index (κ1) is 36.6. The molecule has 226 valence electrons. The summed E-state index contributed by atoms with van der Waals surface area (Å²) in [6.07, 6.45) is -5.78. The second-order valence-electron chi connectivity index (χ2n) is 7.98. The zero-order chi connectivity index (χ0) is 30.6. The highest BCUT2D eigenvalue weighted by Gasteiger charge is 2.95. The van der Waals surface area contributed by atoms with E-state index in [2.05, 4.69) is 13.2 Å². The summed E-state index contributed by atoms with van der Waals surface area (Å²) in [5.41, 5.74) is 0. The predicted molar refractivity (Wildman–Crippen MR) is 105 cm³/mol. The highest BCUT2D eigenvalue weighted by molar-refractivity contribution is 7.99. The fourth-order valence-electron chi connectivity index (χ4n) is 2.81. The monoisotopic (exact) mass is 616 g/mol. The van der Waals surface area contributed by atoms with Crippen molar-refractivity contribution in [3.63, 3.8) is 0 Å². The van der Waals surface area contributed by atoms with Crippen LogP contribution >= 0.6 is 11.8 Å². The van der Waals surface area contributed by atoms with Crippen LogP contribution in [-0.2, 0) is 0 Å². The van der Waals surface area contributed by atoms with E-state index in [1.807, 2.05) is 0 Å². The Morgan fingerprint density at radius 2 is 0.921 bits per heavy atom. The van der Waals surface area contributed by atoms with Gasteiger partial charge in [-0.1, -0.05) is 12.2 Å². The van der Waals surface area contributed by atoms with Crippen LogP contribution in [0.2, 0.25) is 0 Å². The molecule has 0 fully saturated rings. The molecule has 0 radical (unpaired) electrons. The number of hydrogen-bond acceptors (Lipinski definition) is 1. The van der Waals surface area contributed by atoms with Gasteiger partial charge in [-0.3, -0.25) is 0 Å². The summed E-state index contributed by atoms with van der Waals surface area (Å²) in [5.74, 6) is -57.1. The summed E-state index contributed by atoms with van der Waals surface area (Å²) in [6.45, 7) is 6.78. The fraction of sp³-hybridized carbons (Fsp3) is 0.800. The number of allylic oxidation sites excluding steroid dienone is 2. The van der Waals surface area contributed by atoms with Crippen molar-refractivity contribution in [2.24, 2.45) is 0 Å². The molecule has 0 aliphatic rings. The minimum Gasteiger partial charge on any atom is -0.200 e. The van der Waals surface area contributed by atoms with Crippen molar-refractivity contribution in [1.29, 1.82) is 0 Å². The smallest absolute Gasteiger partial charge is 0.200 e. The van der Waals surface area contributed by atoms with Crippen LogP contribution in [0.3, 0.4) is 0 Å². The molecule has 0 heterocycles. The molecule has 38 heavy (non-hydrogen) atoms. The first-order chi connectivity index (χ1) is 16.7. The van der Waals surface area contributed by atoms with E-state index in [0.29, 0.717) is 24.6 Å². The predicted octanol–water partition coefficient (Wildman–Crippen LogP) is 9.81. The van der Waals surface area contributed by atoms with Crippen LogP contribution in [0.4, 0.5) is 74.6 Å². The molecule has 0 nitrogen and oxygen atoms in total. The Morgan fingerprint density at radius 1 is 0.526 bits per heavy atom. The van der Waals surface area contributed by atoms with E-state index in [0.717, 1.165) is 0 Å². The number of hydrogen-bond donors (Lipinski definition) is 0. The van der Waals surface area contributed by atoms with Gasteiger partial charge in [0.25, 0.3) is 0 Å². The SMILES string of the molecule is C=CCCCC(CCC=C)SCCC(F)(F)C(F)(F)C(F)(F)C(F)(F)C(F)(F)C(F)(F)C(F)(F)C(F)(F)F. The Hall–Kier alpha value is -1.36. The summed E-state index contributed by atoms with van der Waals surface area (Å²) in [4.78, 5) is 0. The quantitative estimate of drug-likeness (QED) is 0.0891. The lowest BCUT2D eigenvalue weighted by Gasteiger charge is -2.42. The minimum atomic E-state index is -8.60. The molecule has 18 heteroatoms. The van der Waals surface area contributed by atoms with Crippen LogP contribution in [-0.4, -0.2) is 58.6 Å². The summed E-state index contributed by atoms with van der Waals surface area (Å²) in [5, 5.41) is -0.591. The lowest BCUT2D eigenvalue weighted by atomic mass is 9.88. The Kier molecular flexibility index (Phi) is 11.6. The third kappa shape index (κ3) is 6.50. The summed E-state index contributed by atoms with van der Waals surface area (Å²) in [6, 6.07) is 0. The lowest BCUT2D eigenvalue weighted by Crippen LogP contribution is -2.74. The average Bonchev–Trinajstić information content (AvgIpc) is 2.75. The summed E-state index contributed by atoms with van der Waals surface area (Å²) in [7, 11) is 0. The molecule has 0 N–H and O–H groups in total. The number of rotatable bonds is 17. The van der Waals surface area contributed by atoms with Crippen molar-refractivity contribution in [2.45, 2.75) is 91.4 Å². The van der Waals surface area contributed by atoms with Gasteiger partial charge in [0.05, 0.1) is 0 Å². The molecule has 0 spiro atoms. The van der Waals surface area contributed by atoms with E-state index in [-0.39, 0.29) is 19.3 Å². The van der Waals surface area contributed by atoms with Crippen LogP contribution < -0.4 is 0 Å². The van der Waals surface area contributed by atoms with Gasteiger partial charge in [-0.05, 0) is 37.9 Å². The summed E-state index contributed by atoms with van der Waals surface area (Å²) >= 11 is 0.469. The van der Waals surface area contributed by atoms with Gasteiger partial charge in [0.2, 0.25) is 0 Å². The van der Waals surface area contributed by atoms with Crippen LogP contribution in [0.5, 0.6) is 0 Å². The topological polar surface area (TPSA) is 0 Å². The molecule has 0 aromatic carbocycles. The number of thioether (sulfide) groups is 1. The van der Waals surface area contributed by atoms with Crippen LogP contribution in [0.25, 0.3) is 0 Å². The van der Waals surface area contributed by atoms with E-state index in [9.17, 15) is 74.6 Å². The third-order valence-electron chi connectivity index (χ3n) is 5.18. The van der Waals surface area contributed by atoms with Crippen LogP contribution in [0.15, 0.2) is 25.3 Å². The highest BCUT2D eigenvalue weighted by Crippen LogP contribution is 2.64. The second kappa shape index (κ2) is 12.0. The van der Waals surface area contributed by atoms with Crippen molar-refractivity contribution < 1.29 is 74.6 Å². The molecule has 0 amide bonds. The molecular formula is C20H21F17S. The molecule has 1 unspecified atom stereocenters. The molecule has 0 aliphatic carbocycles. The standard InChI is InChI=1S/C20H21F17S/c1-3-5-7-9-12(8-6-4-2)38-11-10-13(21,22)14(23,24)15(25,26)16(27,28)17(29,30)18(31,32)19(33,34)20(35,36)37/h3-4,12H,1-2,5-11H2. The zero-order valence-corrected chi connectivity index (χ0v) is 19.7. The lowest BCUT2D eigenvalue weighted by molar-refractivity contribution is -0.461. The first-order valence-electron chi connectivity index (χ1n) is 10.3. The number of unbranched alkanes of at least 4 members (excludes halogenated alkanes) is 1. The largest absolute Gasteiger partial charge is 0.460 e. The molecule has 0 aromatic rings. The Morgan fingerprint density at radius 3 is 1.32 bits per heavy atom. The van der Waals surface area contributed by atoms with E-state index >= 15 is 0 Å². The maximum Gasteiger partial charge on any atom is 0.460 e. The van der Waals surface area contributed by atoms with Crippen LogP contribution in [0, 0.1) is 0 Å². The van der Waals surface area contributed by atoms with Gasteiger partial charge < -0.3 is 0 Å². The normalized spacial score (nSPS) is 15.9. The van der Waals surface area contributed by atoms with Gasteiger partial charge in [0.1, 0.15) is 0 Å². The van der Waals surface area contributed by atoms with Gasteiger partial charge in [-0.25, -0.2) is 0 Å². The van der Waals surface area contributed by atoms with E-state index < -0.39 is 65.1 Å². The van der Waals surface area contributed by atoms with Gasteiger partial charge in [0, 0.05) is 11.7 Å². The Balaban J connectivity index is 6.10. The van der Waals surface area contributed by atoms with Crippen molar-refractivity contribution in [3.8, 4) is 0 Å². The second-order valence-corrected chi connectivity index (χ2v) is 9.39. The number of halogens is 17. The zero-order valence-electron chi connectivity index (χ0n) is 18.9. The van der Waals surface area contributed by atoms with Crippen LogP contribution in [0.1, 0.15) is 38.5 Å². The molecule has 1 atom stereocenters. The maximum absolute atomic E-state index is 14.0. The average molecular weight is 616 g/mol. The van der Waals surface area contributed by atoms with E-state index in [4.69, 9.17) is 0 Å². The fourth-order valence-corrected chi connectivity index (χ4v) is 4.16. The van der Waals surface area contributed by atoms with Gasteiger partial charge in [-0.15, -0.1) is 13.2 Å². The van der Waals surface area contributed by atoms with Gasteiger partial charge in [-0.2, -0.15) is 86.4 Å². The van der Waals surface area contributed by atoms with Gasteiger partial charge >= 0.3 is 47.6 Å². The van der Waals surface area contributed by atoms with Crippen molar-refractivity contribution >= 4 is 11.8 Å². The maximum atomic E-state index is 14.0. The first-order valence-corrected chi connectivity index (χ1v) is 11.3. The molecular weight excluding hydrogens is 595 g/mol. The van der Waals surface area contributed by atoms with Gasteiger partial charge in [0.15, 0.2) is 0 Å².